The van der Waals surface area contributed by atoms with Crippen molar-refractivity contribution in [3.05, 3.63) is 12.2 Å². The maximum absolute atomic E-state index is 4.53. The van der Waals surface area contributed by atoms with Gasteiger partial charge in [0, 0.05) is 0 Å². The van der Waals surface area contributed by atoms with Crippen molar-refractivity contribution in [3.63, 3.8) is 0 Å². The molecule has 0 aromatic carbocycles. The molecule has 4 rings (SSSR count). The molecule has 24 heavy (non-hydrogen) atoms. The second-order valence-electron chi connectivity index (χ2n) is 9.85. The first-order valence-corrected chi connectivity index (χ1v) is 11.2. The van der Waals surface area contributed by atoms with Gasteiger partial charge in [-0.15, -0.1) is 0 Å². The van der Waals surface area contributed by atoms with Crippen molar-refractivity contribution in [3.8, 4) is 0 Å². The van der Waals surface area contributed by atoms with Gasteiger partial charge in [0.15, 0.2) is 0 Å². The highest BCUT2D eigenvalue weighted by molar-refractivity contribution is 5.19. The molecule has 0 radical (unpaired) electrons. The van der Waals surface area contributed by atoms with Crippen LogP contribution in [0.5, 0.6) is 0 Å². The van der Waals surface area contributed by atoms with Gasteiger partial charge < -0.3 is 0 Å². The number of hydrogen-bond acceptors (Lipinski definition) is 0. The Hall–Kier alpha value is -0.260. The van der Waals surface area contributed by atoms with Gasteiger partial charge in [0.1, 0.15) is 0 Å². The smallest absolute Gasteiger partial charge is 0.00854 e. The van der Waals surface area contributed by atoms with E-state index in [1.165, 1.54) is 44.9 Å². The first-order chi connectivity index (χ1) is 11.5. The van der Waals surface area contributed by atoms with Crippen LogP contribution in [0.1, 0.15) is 92.4 Å². The minimum atomic E-state index is 0.480. The molecule has 8 atom stereocenters. The van der Waals surface area contributed by atoms with Gasteiger partial charge in [-0.05, 0) is 98.2 Å². The van der Waals surface area contributed by atoms with E-state index in [1.54, 1.807) is 18.4 Å². The van der Waals surface area contributed by atoms with Gasteiger partial charge in [-0.3, -0.25) is 0 Å². The van der Waals surface area contributed by atoms with Crippen molar-refractivity contribution >= 4 is 0 Å². The van der Waals surface area contributed by atoms with Crippen LogP contribution in [0.4, 0.5) is 0 Å². The molecule has 8 unspecified atom stereocenters. The molecule has 0 nitrogen and oxygen atoms in total. The minimum absolute atomic E-state index is 0.480. The van der Waals surface area contributed by atoms with Crippen LogP contribution >= 0.6 is 0 Å². The summed E-state index contributed by atoms with van der Waals surface area (Å²) in [4.78, 5) is 0. The molecular weight excluding hydrogens is 288 g/mol. The van der Waals surface area contributed by atoms with E-state index in [2.05, 4.69) is 27.4 Å². The largest absolute Gasteiger partial charge is 0.0993 e. The third-order valence-corrected chi connectivity index (χ3v) is 8.79. The molecule has 0 aromatic rings. The molecule has 0 spiro atoms. The van der Waals surface area contributed by atoms with E-state index < -0.39 is 0 Å². The summed E-state index contributed by atoms with van der Waals surface area (Å²) in [6.07, 6.45) is 13.3. The van der Waals surface area contributed by atoms with E-state index in [-0.39, 0.29) is 0 Å². The van der Waals surface area contributed by atoms with Crippen LogP contribution < -0.4 is 0 Å². The van der Waals surface area contributed by atoms with Crippen LogP contribution in [0.3, 0.4) is 0 Å². The Balaban J connectivity index is 0.000000815. The van der Waals surface area contributed by atoms with Gasteiger partial charge in [-0.1, -0.05) is 53.2 Å². The average Bonchev–Trinajstić information content (AvgIpc) is 2.59. The first kappa shape index (κ1) is 18.5. The Morgan fingerprint density at radius 1 is 0.875 bits per heavy atom. The maximum atomic E-state index is 4.53. The highest BCUT2D eigenvalue weighted by Gasteiger charge is 2.55. The molecule has 0 bridgehead atoms. The standard InChI is InChI=1S/C22H36.C2H6/c1-14-5-9-18-17(13-14)8-10-20-19(18)11-12-22(4)16(3)7-6-15(2)21(20)22;1-2/h14-15,17-21H,3,5-13H2,1-2,4H3;1-2H3. The van der Waals surface area contributed by atoms with Crippen LogP contribution in [-0.2, 0) is 0 Å². The maximum Gasteiger partial charge on any atom is -0.00854 e. The van der Waals surface area contributed by atoms with Gasteiger partial charge in [-0.25, -0.2) is 0 Å². The van der Waals surface area contributed by atoms with Crippen LogP contribution in [-0.4, -0.2) is 0 Å². The Morgan fingerprint density at radius 3 is 2.33 bits per heavy atom. The molecule has 0 heterocycles. The summed E-state index contributed by atoms with van der Waals surface area (Å²) in [5, 5.41) is 0. The van der Waals surface area contributed by atoms with E-state index in [4.69, 9.17) is 0 Å². The summed E-state index contributed by atoms with van der Waals surface area (Å²) in [5.74, 6) is 7.15. The second-order valence-corrected chi connectivity index (χ2v) is 9.85. The topological polar surface area (TPSA) is 0 Å². The van der Waals surface area contributed by atoms with Crippen molar-refractivity contribution in [2.45, 2.75) is 92.4 Å². The molecule has 4 aliphatic rings. The zero-order chi connectivity index (χ0) is 17.5. The molecule has 4 saturated carbocycles. The Labute approximate surface area is 151 Å². The molecule has 138 valence electrons. The molecule has 0 N–H and O–H groups in total. The molecule has 0 heteroatoms. The average molecular weight is 331 g/mol. The van der Waals surface area contributed by atoms with Gasteiger partial charge >= 0.3 is 0 Å². The monoisotopic (exact) mass is 330 g/mol. The number of rotatable bonds is 0. The summed E-state index contributed by atoms with van der Waals surface area (Å²) in [6.45, 7) is 16.2. The van der Waals surface area contributed by atoms with Gasteiger partial charge in [-0.2, -0.15) is 0 Å². The summed E-state index contributed by atoms with van der Waals surface area (Å²) < 4.78 is 0. The normalized spacial score (nSPS) is 50.7. The fraction of sp³-hybridized carbons (Fsp3) is 0.917. The first-order valence-electron chi connectivity index (χ1n) is 11.2. The lowest BCUT2D eigenvalue weighted by Gasteiger charge is -2.60. The van der Waals surface area contributed by atoms with Crippen LogP contribution in [0, 0.1) is 46.8 Å². The number of allylic oxidation sites excluding steroid dienone is 1. The third kappa shape index (κ3) is 2.90. The Bertz CT molecular complexity index is 449. The van der Waals surface area contributed by atoms with Gasteiger partial charge in [0.2, 0.25) is 0 Å². The molecule has 4 aliphatic carbocycles. The lowest BCUT2D eigenvalue weighted by atomic mass is 9.44. The summed E-state index contributed by atoms with van der Waals surface area (Å²) in [5.41, 5.74) is 2.08. The molecule has 0 amide bonds. The Morgan fingerprint density at radius 2 is 1.58 bits per heavy atom. The van der Waals surface area contributed by atoms with E-state index >= 15 is 0 Å². The van der Waals surface area contributed by atoms with E-state index in [0.717, 1.165) is 41.4 Å². The molecule has 0 saturated heterocycles. The molecule has 0 aromatic heterocycles. The van der Waals surface area contributed by atoms with E-state index in [0.29, 0.717) is 5.41 Å². The van der Waals surface area contributed by atoms with Crippen molar-refractivity contribution in [2.75, 3.05) is 0 Å². The molecule has 4 fully saturated rings. The predicted molar refractivity (Wildman–Crippen MR) is 106 cm³/mol. The minimum Gasteiger partial charge on any atom is -0.0993 e. The zero-order valence-electron chi connectivity index (χ0n) is 17.1. The lowest BCUT2D eigenvalue weighted by Crippen LogP contribution is -2.52. The number of fused-ring (bicyclic) bond motifs is 5. The fourth-order valence-electron chi connectivity index (χ4n) is 7.66. The zero-order valence-corrected chi connectivity index (χ0v) is 17.1. The second kappa shape index (κ2) is 7.16. The van der Waals surface area contributed by atoms with Crippen LogP contribution in [0.2, 0.25) is 0 Å². The van der Waals surface area contributed by atoms with Crippen LogP contribution in [0.15, 0.2) is 12.2 Å². The quantitative estimate of drug-likeness (QED) is 0.403. The summed E-state index contributed by atoms with van der Waals surface area (Å²) in [6, 6.07) is 0. The Kier molecular flexibility index (Phi) is 5.53. The van der Waals surface area contributed by atoms with Gasteiger partial charge in [0.05, 0.1) is 0 Å². The van der Waals surface area contributed by atoms with Gasteiger partial charge in [0.25, 0.3) is 0 Å². The third-order valence-electron chi connectivity index (χ3n) is 8.79. The molecular formula is C24H42. The van der Waals surface area contributed by atoms with Crippen molar-refractivity contribution < 1.29 is 0 Å². The van der Waals surface area contributed by atoms with E-state index in [9.17, 15) is 0 Å². The van der Waals surface area contributed by atoms with Crippen LogP contribution in [0.25, 0.3) is 0 Å². The summed E-state index contributed by atoms with van der Waals surface area (Å²) >= 11 is 0. The van der Waals surface area contributed by atoms with Crippen molar-refractivity contribution in [1.82, 2.24) is 0 Å². The fourth-order valence-corrected chi connectivity index (χ4v) is 7.66. The highest BCUT2D eigenvalue weighted by atomic mass is 14.6. The number of hydrogen-bond donors (Lipinski definition) is 0. The van der Waals surface area contributed by atoms with E-state index in [1.807, 2.05) is 13.8 Å². The molecule has 0 aliphatic heterocycles. The van der Waals surface area contributed by atoms with Crippen molar-refractivity contribution in [1.29, 1.82) is 0 Å². The SMILES string of the molecule is C=C1CCC(C)C2C3CCC4CC(C)CCC4C3CCC12C.CC. The summed E-state index contributed by atoms with van der Waals surface area (Å²) in [7, 11) is 0. The predicted octanol–water partition coefficient (Wildman–Crippen LogP) is 7.49. The van der Waals surface area contributed by atoms with Crippen molar-refractivity contribution in [2.24, 2.45) is 46.8 Å². The highest BCUT2D eigenvalue weighted by Crippen LogP contribution is 2.63. The lowest BCUT2D eigenvalue weighted by molar-refractivity contribution is -0.0846.